The molecule has 0 aromatic carbocycles. The van der Waals surface area contributed by atoms with Gasteiger partial charge in [0.2, 0.25) is 0 Å². The molecule has 1 aromatic rings. The average Bonchev–Trinajstić information content (AvgIpc) is 2.67. The zero-order chi connectivity index (χ0) is 10.7. The van der Waals surface area contributed by atoms with Gasteiger partial charge in [-0.1, -0.05) is 0 Å². The van der Waals surface area contributed by atoms with E-state index in [9.17, 15) is 4.79 Å². The highest BCUT2D eigenvalue weighted by atomic mass is 16.4. The molecule has 82 valence electrons. The van der Waals surface area contributed by atoms with Crippen LogP contribution in [0.3, 0.4) is 0 Å². The molecular weight excluding hydrogens is 196 g/mol. The number of nitrogens with zero attached hydrogens (tertiary/aromatic N) is 2. The Hall–Kier alpha value is -1.40. The summed E-state index contributed by atoms with van der Waals surface area (Å²) in [6.45, 7) is 4.42. The number of piperazine rings is 1. The topological polar surface area (TPSA) is 81.2 Å². The lowest BCUT2D eigenvalue weighted by atomic mass is 10.2. The van der Waals surface area contributed by atoms with Crippen molar-refractivity contribution in [1.29, 1.82) is 0 Å². The van der Waals surface area contributed by atoms with E-state index in [0.717, 1.165) is 26.2 Å². The fourth-order valence-electron chi connectivity index (χ4n) is 1.72. The number of carbonyl (C=O) groups is 1. The Balaban J connectivity index is 2.03. The van der Waals surface area contributed by atoms with Crippen LogP contribution in [0.25, 0.3) is 0 Å². The summed E-state index contributed by atoms with van der Waals surface area (Å²) in [7, 11) is 0. The van der Waals surface area contributed by atoms with Gasteiger partial charge in [-0.25, -0.2) is 9.78 Å². The maximum Gasteiger partial charge on any atom is 0.356 e. The Morgan fingerprint density at radius 3 is 2.93 bits per heavy atom. The van der Waals surface area contributed by atoms with Gasteiger partial charge in [-0.15, -0.1) is 0 Å². The van der Waals surface area contributed by atoms with Crippen molar-refractivity contribution in [2.24, 2.45) is 0 Å². The van der Waals surface area contributed by atoms with E-state index in [4.69, 9.17) is 5.11 Å². The third kappa shape index (κ3) is 2.34. The number of carboxylic acids is 1. The number of rotatable bonds is 3. The first kappa shape index (κ1) is 10.1. The molecule has 0 radical (unpaired) electrons. The second-order valence-corrected chi connectivity index (χ2v) is 3.56. The van der Waals surface area contributed by atoms with E-state index in [1.807, 2.05) is 0 Å². The van der Waals surface area contributed by atoms with E-state index in [2.05, 4.69) is 20.2 Å². The fourth-order valence-corrected chi connectivity index (χ4v) is 1.72. The predicted octanol–water partition coefficient (Wildman–Crippen LogP) is -0.487. The summed E-state index contributed by atoms with van der Waals surface area (Å²) in [5.41, 5.74) is 0.818. The van der Waals surface area contributed by atoms with E-state index < -0.39 is 5.97 Å². The van der Waals surface area contributed by atoms with Gasteiger partial charge in [-0.2, -0.15) is 0 Å². The first-order valence-electron chi connectivity index (χ1n) is 4.96. The van der Waals surface area contributed by atoms with Crippen molar-refractivity contribution in [1.82, 2.24) is 20.2 Å². The minimum Gasteiger partial charge on any atom is -0.476 e. The Kier molecular flexibility index (Phi) is 2.98. The van der Waals surface area contributed by atoms with Crippen molar-refractivity contribution < 1.29 is 9.90 Å². The second kappa shape index (κ2) is 4.41. The standard InChI is InChI=1S/C9H14N4O2/c14-9(15)8-7(11-6-12-8)5-13-3-1-10-2-4-13/h6,10H,1-5H2,(H,11,12)(H,14,15). The molecule has 1 saturated heterocycles. The number of aromatic nitrogens is 2. The SMILES string of the molecule is O=C(O)c1nc[nH]c1CN1CCNCC1. The van der Waals surface area contributed by atoms with Gasteiger partial charge in [-0.3, -0.25) is 4.90 Å². The zero-order valence-electron chi connectivity index (χ0n) is 8.36. The molecule has 1 aliphatic heterocycles. The van der Waals surface area contributed by atoms with Gasteiger partial charge in [0.15, 0.2) is 5.69 Å². The average molecular weight is 210 g/mol. The Morgan fingerprint density at radius 2 is 2.27 bits per heavy atom. The van der Waals surface area contributed by atoms with Crippen LogP contribution in [0.2, 0.25) is 0 Å². The monoisotopic (exact) mass is 210 g/mol. The second-order valence-electron chi connectivity index (χ2n) is 3.56. The van der Waals surface area contributed by atoms with E-state index in [1.54, 1.807) is 0 Å². The van der Waals surface area contributed by atoms with E-state index in [1.165, 1.54) is 6.33 Å². The summed E-state index contributed by atoms with van der Waals surface area (Å²) in [6.07, 6.45) is 1.43. The third-order valence-electron chi connectivity index (χ3n) is 2.51. The van der Waals surface area contributed by atoms with Crippen LogP contribution >= 0.6 is 0 Å². The van der Waals surface area contributed by atoms with E-state index in [0.29, 0.717) is 12.2 Å². The molecule has 0 bridgehead atoms. The predicted molar refractivity (Wildman–Crippen MR) is 53.7 cm³/mol. The highest BCUT2D eigenvalue weighted by molar-refractivity contribution is 5.86. The van der Waals surface area contributed by atoms with Crippen molar-refractivity contribution in [2.45, 2.75) is 6.54 Å². The van der Waals surface area contributed by atoms with Gasteiger partial charge in [0.25, 0.3) is 0 Å². The number of H-pyrrole nitrogens is 1. The largest absolute Gasteiger partial charge is 0.476 e. The highest BCUT2D eigenvalue weighted by Gasteiger charge is 2.17. The summed E-state index contributed by atoms with van der Waals surface area (Å²) in [5.74, 6) is -0.971. The number of imidazole rings is 1. The quantitative estimate of drug-likeness (QED) is 0.627. The molecule has 2 heterocycles. The zero-order valence-corrected chi connectivity index (χ0v) is 8.36. The first-order chi connectivity index (χ1) is 7.27. The highest BCUT2D eigenvalue weighted by Crippen LogP contribution is 2.07. The normalized spacial score (nSPS) is 17.9. The minimum absolute atomic E-state index is 0.133. The van der Waals surface area contributed by atoms with Gasteiger partial charge >= 0.3 is 5.97 Å². The van der Waals surface area contributed by atoms with Crippen molar-refractivity contribution in [3.8, 4) is 0 Å². The Labute approximate surface area is 87.3 Å². The third-order valence-corrected chi connectivity index (χ3v) is 2.51. The molecule has 0 saturated carbocycles. The lowest BCUT2D eigenvalue weighted by Gasteiger charge is -2.26. The molecular formula is C9H14N4O2. The maximum atomic E-state index is 10.8. The first-order valence-corrected chi connectivity index (χ1v) is 4.96. The van der Waals surface area contributed by atoms with Crippen LogP contribution in [0.4, 0.5) is 0 Å². The van der Waals surface area contributed by atoms with Crippen LogP contribution in [0.15, 0.2) is 6.33 Å². The molecule has 1 fully saturated rings. The number of aromatic carboxylic acids is 1. The van der Waals surface area contributed by atoms with Crippen LogP contribution in [-0.4, -0.2) is 52.1 Å². The van der Waals surface area contributed by atoms with Gasteiger partial charge in [-0.05, 0) is 0 Å². The smallest absolute Gasteiger partial charge is 0.356 e. The molecule has 0 atom stereocenters. The minimum atomic E-state index is -0.971. The number of hydrogen-bond acceptors (Lipinski definition) is 4. The molecule has 3 N–H and O–H groups in total. The fraction of sp³-hybridized carbons (Fsp3) is 0.556. The van der Waals surface area contributed by atoms with Crippen molar-refractivity contribution in [2.75, 3.05) is 26.2 Å². The Bertz CT molecular complexity index is 344. The molecule has 1 aliphatic rings. The number of carboxylic acid groups (broad SMARTS) is 1. The molecule has 6 nitrogen and oxygen atoms in total. The summed E-state index contributed by atoms with van der Waals surface area (Å²) >= 11 is 0. The van der Waals surface area contributed by atoms with Crippen molar-refractivity contribution >= 4 is 5.97 Å². The molecule has 0 aliphatic carbocycles. The molecule has 2 rings (SSSR count). The molecule has 0 spiro atoms. The molecule has 0 amide bonds. The van der Waals surface area contributed by atoms with Gasteiger partial charge in [0.05, 0.1) is 12.0 Å². The Morgan fingerprint density at radius 1 is 1.53 bits per heavy atom. The summed E-state index contributed by atoms with van der Waals surface area (Å²) in [6, 6.07) is 0. The number of nitrogens with one attached hydrogen (secondary N) is 2. The van der Waals surface area contributed by atoms with Crippen LogP contribution in [-0.2, 0) is 6.54 Å². The van der Waals surface area contributed by atoms with Crippen molar-refractivity contribution in [3.63, 3.8) is 0 Å². The van der Waals surface area contributed by atoms with Crippen LogP contribution in [0.5, 0.6) is 0 Å². The number of aromatic amines is 1. The summed E-state index contributed by atoms with van der Waals surface area (Å²) in [4.78, 5) is 19.7. The maximum absolute atomic E-state index is 10.8. The lowest BCUT2D eigenvalue weighted by molar-refractivity contribution is 0.0688. The van der Waals surface area contributed by atoms with Crippen LogP contribution in [0, 0.1) is 0 Å². The van der Waals surface area contributed by atoms with Crippen LogP contribution < -0.4 is 5.32 Å². The van der Waals surface area contributed by atoms with E-state index in [-0.39, 0.29) is 5.69 Å². The van der Waals surface area contributed by atoms with Crippen molar-refractivity contribution in [3.05, 3.63) is 17.7 Å². The van der Waals surface area contributed by atoms with E-state index >= 15 is 0 Å². The molecule has 0 unspecified atom stereocenters. The summed E-state index contributed by atoms with van der Waals surface area (Å²) < 4.78 is 0. The van der Waals surface area contributed by atoms with Gasteiger partial charge < -0.3 is 15.4 Å². The van der Waals surface area contributed by atoms with Crippen LogP contribution in [0.1, 0.15) is 16.2 Å². The summed E-state index contributed by atoms with van der Waals surface area (Å²) in [5, 5.41) is 12.1. The molecule has 1 aromatic heterocycles. The molecule has 6 heteroatoms. The number of hydrogen-bond donors (Lipinski definition) is 3. The molecule has 15 heavy (non-hydrogen) atoms. The lowest BCUT2D eigenvalue weighted by Crippen LogP contribution is -2.43. The van der Waals surface area contributed by atoms with Gasteiger partial charge in [0, 0.05) is 32.7 Å². The van der Waals surface area contributed by atoms with Gasteiger partial charge in [0.1, 0.15) is 0 Å².